The maximum atomic E-state index is 11.6. The summed E-state index contributed by atoms with van der Waals surface area (Å²) in [4.78, 5) is 11.6. The molecule has 0 spiro atoms. The standard InChI is InChI=1S/C12H21ClO2/c1-9(2)7-12(8-14,11(13)15)10-5-3-4-6-10/h9-10,14H,3-8H2,1-2H3. The molecule has 15 heavy (non-hydrogen) atoms. The summed E-state index contributed by atoms with van der Waals surface area (Å²) in [6.07, 6.45) is 5.09. The molecular weight excluding hydrogens is 212 g/mol. The molecule has 1 aliphatic carbocycles. The number of hydrogen-bond acceptors (Lipinski definition) is 2. The van der Waals surface area contributed by atoms with Crippen LogP contribution in [-0.4, -0.2) is 17.0 Å². The molecule has 0 amide bonds. The van der Waals surface area contributed by atoms with E-state index in [1.807, 2.05) is 0 Å². The monoisotopic (exact) mass is 232 g/mol. The van der Waals surface area contributed by atoms with Gasteiger partial charge >= 0.3 is 0 Å². The molecule has 88 valence electrons. The predicted molar refractivity (Wildman–Crippen MR) is 61.8 cm³/mol. The Morgan fingerprint density at radius 1 is 1.47 bits per heavy atom. The Bertz CT molecular complexity index is 222. The second-order valence-electron chi connectivity index (χ2n) is 5.17. The Labute approximate surface area is 97.0 Å². The van der Waals surface area contributed by atoms with Gasteiger partial charge < -0.3 is 5.11 Å². The first-order valence-electron chi connectivity index (χ1n) is 5.83. The van der Waals surface area contributed by atoms with E-state index >= 15 is 0 Å². The Balaban J connectivity index is 2.86. The molecule has 2 nitrogen and oxygen atoms in total. The molecule has 1 saturated carbocycles. The van der Waals surface area contributed by atoms with Gasteiger partial charge in [-0.2, -0.15) is 0 Å². The molecule has 1 fully saturated rings. The number of halogens is 1. The lowest BCUT2D eigenvalue weighted by molar-refractivity contribution is -0.127. The highest BCUT2D eigenvalue weighted by Gasteiger charge is 2.45. The number of rotatable bonds is 5. The molecule has 0 heterocycles. The first-order chi connectivity index (χ1) is 7.03. The molecular formula is C12H21ClO2. The largest absolute Gasteiger partial charge is 0.395 e. The number of aliphatic hydroxyl groups is 1. The van der Waals surface area contributed by atoms with Crippen LogP contribution in [0.2, 0.25) is 0 Å². The van der Waals surface area contributed by atoms with Crippen molar-refractivity contribution in [3.05, 3.63) is 0 Å². The van der Waals surface area contributed by atoms with Crippen molar-refractivity contribution in [2.24, 2.45) is 17.3 Å². The van der Waals surface area contributed by atoms with Crippen LogP contribution >= 0.6 is 11.6 Å². The molecule has 1 aliphatic rings. The number of aliphatic hydroxyl groups excluding tert-OH is 1. The van der Waals surface area contributed by atoms with E-state index < -0.39 is 5.41 Å². The van der Waals surface area contributed by atoms with Gasteiger partial charge in [0.05, 0.1) is 12.0 Å². The van der Waals surface area contributed by atoms with E-state index in [4.69, 9.17) is 11.6 Å². The van der Waals surface area contributed by atoms with Gasteiger partial charge in [-0.1, -0.05) is 26.7 Å². The fourth-order valence-electron chi connectivity index (χ4n) is 2.87. The minimum absolute atomic E-state index is 0.0990. The minimum Gasteiger partial charge on any atom is -0.395 e. The van der Waals surface area contributed by atoms with E-state index in [1.54, 1.807) is 0 Å². The lowest BCUT2D eigenvalue weighted by atomic mass is 9.71. The van der Waals surface area contributed by atoms with Crippen LogP contribution in [0.3, 0.4) is 0 Å². The van der Waals surface area contributed by atoms with Crippen LogP contribution in [0.4, 0.5) is 0 Å². The van der Waals surface area contributed by atoms with Crippen molar-refractivity contribution in [1.29, 1.82) is 0 Å². The van der Waals surface area contributed by atoms with E-state index in [9.17, 15) is 9.90 Å². The Morgan fingerprint density at radius 3 is 2.33 bits per heavy atom. The molecule has 0 aromatic heterocycles. The van der Waals surface area contributed by atoms with E-state index in [2.05, 4.69) is 13.8 Å². The summed E-state index contributed by atoms with van der Waals surface area (Å²) in [5, 5.41) is 9.21. The third kappa shape index (κ3) is 2.73. The summed E-state index contributed by atoms with van der Waals surface area (Å²) < 4.78 is 0. The lowest BCUT2D eigenvalue weighted by Gasteiger charge is -2.35. The molecule has 0 bridgehead atoms. The highest BCUT2D eigenvalue weighted by molar-refractivity contribution is 6.64. The molecule has 0 aromatic carbocycles. The van der Waals surface area contributed by atoms with Gasteiger partial charge in [0.15, 0.2) is 0 Å². The second-order valence-corrected chi connectivity index (χ2v) is 5.51. The quantitative estimate of drug-likeness (QED) is 0.740. The third-order valence-corrected chi connectivity index (χ3v) is 3.96. The zero-order valence-corrected chi connectivity index (χ0v) is 10.4. The topological polar surface area (TPSA) is 37.3 Å². The van der Waals surface area contributed by atoms with Crippen LogP contribution in [-0.2, 0) is 4.79 Å². The summed E-state index contributed by atoms with van der Waals surface area (Å²) in [6.45, 7) is 4.04. The van der Waals surface area contributed by atoms with Crippen molar-refractivity contribution in [2.75, 3.05) is 6.61 Å². The first-order valence-corrected chi connectivity index (χ1v) is 6.21. The van der Waals surface area contributed by atoms with E-state index in [0.717, 1.165) is 25.7 Å². The third-order valence-electron chi connectivity index (χ3n) is 3.58. The van der Waals surface area contributed by atoms with Gasteiger partial charge in [0, 0.05) is 0 Å². The normalized spacial score (nSPS) is 21.9. The van der Waals surface area contributed by atoms with Crippen molar-refractivity contribution in [3.8, 4) is 0 Å². The molecule has 0 radical (unpaired) electrons. The first kappa shape index (κ1) is 13.0. The highest BCUT2D eigenvalue weighted by atomic mass is 35.5. The van der Waals surface area contributed by atoms with Crippen LogP contribution in [0.25, 0.3) is 0 Å². The molecule has 1 N–H and O–H groups in total. The number of carbonyl (C=O) groups is 1. The highest BCUT2D eigenvalue weighted by Crippen LogP contribution is 2.45. The molecule has 1 rings (SSSR count). The summed E-state index contributed by atoms with van der Waals surface area (Å²) in [5.74, 6) is 0.676. The van der Waals surface area contributed by atoms with Gasteiger partial charge in [0.25, 0.3) is 0 Å². The molecule has 3 heteroatoms. The SMILES string of the molecule is CC(C)CC(CO)(C(=O)Cl)C1CCCC1. The minimum atomic E-state index is -0.674. The smallest absolute Gasteiger partial charge is 0.230 e. The average molecular weight is 233 g/mol. The molecule has 1 unspecified atom stereocenters. The van der Waals surface area contributed by atoms with Crippen molar-refractivity contribution in [1.82, 2.24) is 0 Å². The van der Waals surface area contributed by atoms with Crippen LogP contribution in [0.5, 0.6) is 0 Å². The summed E-state index contributed by atoms with van der Waals surface area (Å²) in [5.41, 5.74) is -0.674. The number of carbonyl (C=O) groups excluding carboxylic acids is 1. The summed E-state index contributed by atoms with van der Waals surface area (Å²) in [6, 6.07) is 0. The second kappa shape index (κ2) is 5.31. The summed E-state index contributed by atoms with van der Waals surface area (Å²) in [7, 11) is 0. The van der Waals surface area contributed by atoms with Crippen molar-refractivity contribution in [3.63, 3.8) is 0 Å². The van der Waals surface area contributed by atoms with Crippen LogP contribution < -0.4 is 0 Å². The number of hydrogen-bond donors (Lipinski definition) is 1. The van der Waals surface area contributed by atoms with Gasteiger partial charge in [-0.3, -0.25) is 4.79 Å². The van der Waals surface area contributed by atoms with Gasteiger partial charge in [-0.25, -0.2) is 0 Å². The van der Waals surface area contributed by atoms with E-state index in [0.29, 0.717) is 12.3 Å². The van der Waals surface area contributed by atoms with Crippen LogP contribution in [0.1, 0.15) is 46.0 Å². The average Bonchev–Trinajstić information content (AvgIpc) is 2.66. The van der Waals surface area contributed by atoms with Crippen molar-refractivity contribution in [2.45, 2.75) is 46.0 Å². The fraction of sp³-hybridized carbons (Fsp3) is 0.917. The zero-order chi connectivity index (χ0) is 11.5. The maximum absolute atomic E-state index is 11.6. The van der Waals surface area contributed by atoms with Gasteiger partial charge in [-0.05, 0) is 42.7 Å². The Morgan fingerprint density at radius 2 is 2.00 bits per heavy atom. The van der Waals surface area contributed by atoms with E-state index in [1.165, 1.54) is 0 Å². The van der Waals surface area contributed by atoms with Crippen molar-refractivity contribution < 1.29 is 9.90 Å². The fourth-order valence-corrected chi connectivity index (χ4v) is 3.16. The van der Waals surface area contributed by atoms with Crippen molar-refractivity contribution >= 4 is 16.8 Å². The zero-order valence-electron chi connectivity index (χ0n) is 9.63. The molecule has 0 aromatic rings. The molecule has 0 aliphatic heterocycles. The van der Waals surface area contributed by atoms with Gasteiger partial charge in [0.2, 0.25) is 5.24 Å². The van der Waals surface area contributed by atoms with Crippen LogP contribution in [0.15, 0.2) is 0 Å². The van der Waals surface area contributed by atoms with Gasteiger partial charge in [-0.15, -0.1) is 0 Å². The lowest BCUT2D eigenvalue weighted by Crippen LogP contribution is -2.40. The van der Waals surface area contributed by atoms with Crippen LogP contribution in [0, 0.1) is 17.3 Å². The molecule has 0 saturated heterocycles. The maximum Gasteiger partial charge on any atom is 0.230 e. The molecule has 1 atom stereocenters. The Hall–Kier alpha value is -0.0800. The Kier molecular flexibility index (Phi) is 4.60. The van der Waals surface area contributed by atoms with Gasteiger partial charge in [0.1, 0.15) is 0 Å². The predicted octanol–water partition coefficient (Wildman–Crippen LogP) is 2.97. The summed E-state index contributed by atoms with van der Waals surface area (Å²) >= 11 is 5.73. The van der Waals surface area contributed by atoms with E-state index in [-0.39, 0.29) is 17.8 Å².